The molecular formula is C7H10N2S. The molecule has 1 saturated carbocycles. The van der Waals surface area contributed by atoms with Crippen molar-refractivity contribution in [2.45, 2.75) is 18.9 Å². The van der Waals surface area contributed by atoms with E-state index in [1.165, 1.54) is 0 Å². The number of hydrogen-bond acceptors (Lipinski definition) is 3. The van der Waals surface area contributed by atoms with Gasteiger partial charge in [-0.15, -0.1) is 11.3 Å². The quantitative estimate of drug-likeness (QED) is 0.663. The summed E-state index contributed by atoms with van der Waals surface area (Å²) in [5.41, 5.74) is 8.85. The Labute approximate surface area is 64.1 Å². The Morgan fingerprint density at radius 2 is 2.60 bits per heavy atom. The van der Waals surface area contributed by atoms with Crippen LogP contribution in [0.4, 0.5) is 0 Å². The molecule has 1 aromatic rings. The molecule has 54 valence electrons. The van der Waals surface area contributed by atoms with Crippen molar-refractivity contribution < 1.29 is 0 Å². The van der Waals surface area contributed by atoms with Gasteiger partial charge in [0, 0.05) is 5.38 Å². The fourth-order valence-corrected chi connectivity index (χ4v) is 1.89. The summed E-state index contributed by atoms with van der Waals surface area (Å²) >= 11 is 1.62. The highest BCUT2D eigenvalue weighted by Gasteiger charge is 2.50. The zero-order valence-electron chi connectivity index (χ0n) is 5.87. The maximum Gasteiger partial charge on any atom is 0.0795 e. The number of nitrogens with two attached hydrogens (primary N) is 1. The van der Waals surface area contributed by atoms with Gasteiger partial charge >= 0.3 is 0 Å². The molecule has 0 saturated heterocycles. The van der Waals surface area contributed by atoms with Gasteiger partial charge in [-0.3, -0.25) is 0 Å². The molecule has 2 N–H and O–H groups in total. The molecule has 1 aliphatic rings. The first-order valence-electron chi connectivity index (χ1n) is 3.41. The molecule has 0 aromatic carbocycles. The first-order chi connectivity index (χ1) is 4.73. The Morgan fingerprint density at radius 1 is 1.90 bits per heavy atom. The molecule has 3 heteroatoms. The summed E-state index contributed by atoms with van der Waals surface area (Å²) in [6.07, 6.45) is 1.09. The zero-order chi connectivity index (χ0) is 7.19. The Morgan fingerprint density at radius 3 is 3.00 bits per heavy atom. The van der Waals surface area contributed by atoms with Crippen molar-refractivity contribution in [3.05, 3.63) is 16.6 Å². The molecule has 0 bridgehead atoms. The van der Waals surface area contributed by atoms with Gasteiger partial charge in [-0.2, -0.15) is 0 Å². The Balaban J connectivity index is 2.30. The average molecular weight is 154 g/mol. The molecule has 0 radical (unpaired) electrons. The lowest BCUT2D eigenvalue weighted by Crippen LogP contribution is -2.21. The van der Waals surface area contributed by atoms with Crippen LogP contribution in [0.3, 0.4) is 0 Å². The molecule has 0 aliphatic heterocycles. The first-order valence-corrected chi connectivity index (χ1v) is 4.35. The summed E-state index contributed by atoms with van der Waals surface area (Å²) in [5.74, 6) is 0.620. The number of rotatable bonds is 1. The van der Waals surface area contributed by atoms with Gasteiger partial charge in [0.15, 0.2) is 0 Å². The van der Waals surface area contributed by atoms with Crippen LogP contribution in [-0.2, 0) is 5.54 Å². The van der Waals surface area contributed by atoms with Crippen molar-refractivity contribution in [1.29, 1.82) is 0 Å². The molecule has 1 aromatic heterocycles. The van der Waals surface area contributed by atoms with Gasteiger partial charge in [0.1, 0.15) is 0 Å². The van der Waals surface area contributed by atoms with Crippen LogP contribution in [0.25, 0.3) is 0 Å². The van der Waals surface area contributed by atoms with Crippen LogP contribution < -0.4 is 5.73 Å². The van der Waals surface area contributed by atoms with E-state index in [-0.39, 0.29) is 5.54 Å². The van der Waals surface area contributed by atoms with E-state index in [1.54, 1.807) is 11.3 Å². The third-order valence-electron chi connectivity index (χ3n) is 2.27. The van der Waals surface area contributed by atoms with Gasteiger partial charge in [0.05, 0.1) is 16.7 Å². The molecular weight excluding hydrogens is 144 g/mol. The van der Waals surface area contributed by atoms with Gasteiger partial charge < -0.3 is 5.73 Å². The predicted octanol–water partition coefficient (Wildman–Crippen LogP) is 1.34. The standard InChI is InChI=1S/C7H10N2S/c1-5-2-7(5,8)6-3-10-4-9-6/h3-5H,2,8H2,1H3. The van der Waals surface area contributed by atoms with E-state index in [1.807, 2.05) is 10.9 Å². The van der Waals surface area contributed by atoms with Crippen molar-refractivity contribution in [3.63, 3.8) is 0 Å². The summed E-state index contributed by atoms with van der Waals surface area (Å²) in [5, 5.41) is 2.05. The minimum absolute atomic E-state index is 0.0694. The third-order valence-corrected chi connectivity index (χ3v) is 2.86. The summed E-state index contributed by atoms with van der Waals surface area (Å²) < 4.78 is 0. The molecule has 1 aliphatic carbocycles. The molecule has 1 fully saturated rings. The van der Waals surface area contributed by atoms with Gasteiger partial charge in [0.25, 0.3) is 0 Å². The number of hydrogen-bond donors (Lipinski definition) is 1. The fourth-order valence-electron chi connectivity index (χ4n) is 1.25. The lowest BCUT2D eigenvalue weighted by atomic mass is 10.2. The highest BCUT2D eigenvalue weighted by atomic mass is 32.1. The molecule has 2 nitrogen and oxygen atoms in total. The van der Waals surface area contributed by atoms with Crippen LogP contribution in [-0.4, -0.2) is 4.98 Å². The Bertz CT molecular complexity index is 232. The Hall–Kier alpha value is -0.410. The second-order valence-corrected chi connectivity index (χ2v) is 3.74. The predicted molar refractivity (Wildman–Crippen MR) is 41.8 cm³/mol. The Kier molecular flexibility index (Phi) is 1.13. The van der Waals surface area contributed by atoms with Crippen LogP contribution in [0.5, 0.6) is 0 Å². The van der Waals surface area contributed by atoms with Crippen LogP contribution in [0.2, 0.25) is 0 Å². The second-order valence-electron chi connectivity index (χ2n) is 3.02. The van der Waals surface area contributed by atoms with Crippen molar-refractivity contribution in [3.8, 4) is 0 Å². The van der Waals surface area contributed by atoms with Crippen molar-refractivity contribution in [2.24, 2.45) is 11.7 Å². The lowest BCUT2D eigenvalue weighted by molar-refractivity contribution is 0.646. The van der Waals surface area contributed by atoms with Gasteiger partial charge in [-0.1, -0.05) is 6.92 Å². The average Bonchev–Trinajstić information content (AvgIpc) is 2.35. The van der Waals surface area contributed by atoms with E-state index >= 15 is 0 Å². The molecule has 2 rings (SSSR count). The maximum absolute atomic E-state index is 6.00. The van der Waals surface area contributed by atoms with E-state index in [4.69, 9.17) is 5.73 Å². The lowest BCUT2D eigenvalue weighted by Gasteiger charge is -2.03. The highest BCUT2D eigenvalue weighted by Crippen LogP contribution is 2.48. The monoisotopic (exact) mass is 154 g/mol. The normalized spacial score (nSPS) is 38.0. The molecule has 2 atom stereocenters. The van der Waals surface area contributed by atoms with E-state index in [2.05, 4.69) is 11.9 Å². The fraction of sp³-hybridized carbons (Fsp3) is 0.571. The number of nitrogens with zero attached hydrogens (tertiary/aromatic N) is 1. The molecule has 1 heterocycles. The van der Waals surface area contributed by atoms with Crippen LogP contribution >= 0.6 is 11.3 Å². The van der Waals surface area contributed by atoms with E-state index in [0.717, 1.165) is 12.1 Å². The SMILES string of the molecule is CC1CC1(N)c1cscn1. The molecule has 0 amide bonds. The van der Waals surface area contributed by atoms with E-state index in [9.17, 15) is 0 Å². The van der Waals surface area contributed by atoms with Crippen LogP contribution in [0.15, 0.2) is 10.9 Å². The van der Waals surface area contributed by atoms with Crippen molar-refractivity contribution in [2.75, 3.05) is 0 Å². The van der Waals surface area contributed by atoms with Gasteiger partial charge in [0.2, 0.25) is 0 Å². The largest absolute Gasteiger partial charge is 0.320 e. The first kappa shape index (κ1) is 6.31. The summed E-state index contributed by atoms with van der Waals surface area (Å²) in [6, 6.07) is 0. The smallest absolute Gasteiger partial charge is 0.0795 e. The van der Waals surface area contributed by atoms with Gasteiger partial charge in [-0.25, -0.2) is 4.98 Å². The number of thiazole rings is 1. The van der Waals surface area contributed by atoms with E-state index < -0.39 is 0 Å². The van der Waals surface area contributed by atoms with Crippen LogP contribution in [0.1, 0.15) is 19.0 Å². The molecule has 2 unspecified atom stereocenters. The van der Waals surface area contributed by atoms with Crippen LogP contribution in [0, 0.1) is 5.92 Å². The van der Waals surface area contributed by atoms with Crippen molar-refractivity contribution >= 4 is 11.3 Å². The minimum Gasteiger partial charge on any atom is -0.320 e. The van der Waals surface area contributed by atoms with E-state index in [0.29, 0.717) is 5.92 Å². The molecule has 0 spiro atoms. The number of aromatic nitrogens is 1. The topological polar surface area (TPSA) is 38.9 Å². The third kappa shape index (κ3) is 0.707. The molecule has 10 heavy (non-hydrogen) atoms. The summed E-state index contributed by atoms with van der Waals surface area (Å²) in [7, 11) is 0. The van der Waals surface area contributed by atoms with Crippen molar-refractivity contribution in [1.82, 2.24) is 4.98 Å². The minimum atomic E-state index is -0.0694. The second kappa shape index (κ2) is 1.80. The summed E-state index contributed by atoms with van der Waals surface area (Å²) in [6.45, 7) is 2.17. The maximum atomic E-state index is 6.00. The summed E-state index contributed by atoms with van der Waals surface area (Å²) in [4.78, 5) is 4.19. The van der Waals surface area contributed by atoms with Gasteiger partial charge in [-0.05, 0) is 12.3 Å². The zero-order valence-corrected chi connectivity index (χ0v) is 6.69. The highest BCUT2D eigenvalue weighted by molar-refractivity contribution is 7.07.